The lowest BCUT2D eigenvalue weighted by atomic mass is 10.0. The quantitative estimate of drug-likeness (QED) is 0.375. The number of aromatic nitrogens is 2. The number of methoxy groups -OCH3 is 1. The van der Waals surface area contributed by atoms with E-state index in [0.29, 0.717) is 12.4 Å². The minimum absolute atomic E-state index is 0.145. The molecule has 5 nitrogen and oxygen atoms in total. The summed E-state index contributed by atoms with van der Waals surface area (Å²) < 4.78 is 5.36. The number of thiophene rings is 1. The van der Waals surface area contributed by atoms with Crippen molar-refractivity contribution in [3.63, 3.8) is 0 Å². The second kappa shape index (κ2) is 9.77. The number of likely N-dealkylation sites (tertiary alicyclic amines) is 1. The highest BCUT2D eigenvalue weighted by atomic mass is 32.1. The molecule has 0 radical (unpaired) electrons. The lowest BCUT2D eigenvalue weighted by Crippen LogP contribution is -2.29. The molecular formula is C26H28N4OS. The molecule has 1 aliphatic heterocycles. The van der Waals surface area contributed by atoms with Crippen molar-refractivity contribution in [2.75, 3.05) is 32.1 Å². The van der Waals surface area contributed by atoms with Crippen molar-refractivity contribution in [2.24, 2.45) is 0 Å². The molecule has 0 spiro atoms. The standard InChI is InChI=1S/C26H28N4OS/c1-31-17-23-28-25(24-21(18-32-26(24)29-23)19-10-4-2-5-11-19)27-22(16-30-14-8-9-15-30)20-12-6-3-7-13-20/h2-7,10-13,18,22H,8-9,14-17H2,1H3,(H,27,28,29). The Morgan fingerprint density at radius 2 is 1.72 bits per heavy atom. The van der Waals surface area contributed by atoms with Gasteiger partial charge in [0.2, 0.25) is 0 Å². The molecule has 2 aromatic heterocycles. The molecule has 6 heteroatoms. The van der Waals surface area contributed by atoms with Crippen molar-refractivity contribution in [3.8, 4) is 11.1 Å². The molecule has 1 N–H and O–H groups in total. The van der Waals surface area contributed by atoms with Crippen LogP contribution < -0.4 is 5.32 Å². The van der Waals surface area contributed by atoms with Gasteiger partial charge in [-0.05, 0) is 37.1 Å². The zero-order valence-corrected chi connectivity index (χ0v) is 19.1. The Kier molecular flexibility index (Phi) is 6.44. The molecule has 1 unspecified atom stereocenters. The summed E-state index contributed by atoms with van der Waals surface area (Å²) in [4.78, 5) is 13.3. The number of hydrogen-bond donors (Lipinski definition) is 1. The molecule has 4 aromatic rings. The molecule has 32 heavy (non-hydrogen) atoms. The van der Waals surface area contributed by atoms with Crippen molar-refractivity contribution in [1.82, 2.24) is 14.9 Å². The number of anilines is 1. The molecule has 1 atom stereocenters. The number of rotatable bonds is 8. The van der Waals surface area contributed by atoms with Crippen LogP contribution in [0.4, 0.5) is 5.82 Å². The summed E-state index contributed by atoms with van der Waals surface area (Å²) in [6.07, 6.45) is 2.56. The third-order valence-electron chi connectivity index (χ3n) is 5.99. The van der Waals surface area contributed by atoms with E-state index in [1.165, 1.54) is 29.5 Å². The second-order valence-corrected chi connectivity index (χ2v) is 9.09. The third kappa shape index (κ3) is 4.53. The van der Waals surface area contributed by atoms with E-state index < -0.39 is 0 Å². The van der Waals surface area contributed by atoms with Crippen LogP contribution in [0, 0.1) is 0 Å². The van der Waals surface area contributed by atoms with Crippen molar-refractivity contribution >= 4 is 27.4 Å². The molecule has 0 amide bonds. The van der Waals surface area contributed by atoms with Crippen LogP contribution in [0.25, 0.3) is 21.3 Å². The molecule has 2 aromatic carbocycles. The van der Waals surface area contributed by atoms with E-state index in [0.717, 1.165) is 35.7 Å². The van der Waals surface area contributed by atoms with E-state index in [1.807, 2.05) is 6.07 Å². The van der Waals surface area contributed by atoms with Crippen LogP contribution in [-0.2, 0) is 11.3 Å². The van der Waals surface area contributed by atoms with Gasteiger partial charge in [0.25, 0.3) is 0 Å². The molecule has 0 aliphatic carbocycles. The van der Waals surface area contributed by atoms with Crippen LogP contribution in [0.2, 0.25) is 0 Å². The highest BCUT2D eigenvalue weighted by molar-refractivity contribution is 7.17. The molecule has 0 bridgehead atoms. The van der Waals surface area contributed by atoms with Gasteiger partial charge in [-0.1, -0.05) is 60.7 Å². The summed E-state index contributed by atoms with van der Waals surface area (Å²) in [5.41, 5.74) is 3.63. The molecule has 1 aliphatic rings. The van der Waals surface area contributed by atoms with E-state index in [4.69, 9.17) is 14.7 Å². The predicted molar refractivity (Wildman–Crippen MR) is 132 cm³/mol. The highest BCUT2D eigenvalue weighted by Gasteiger charge is 2.22. The zero-order chi connectivity index (χ0) is 21.8. The van der Waals surface area contributed by atoms with Crippen LogP contribution >= 0.6 is 11.3 Å². The smallest absolute Gasteiger partial charge is 0.158 e. The van der Waals surface area contributed by atoms with Gasteiger partial charge in [-0.3, -0.25) is 0 Å². The molecule has 1 fully saturated rings. The summed E-state index contributed by atoms with van der Waals surface area (Å²) >= 11 is 1.66. The van der Waals surface area contributed by atoms with Crippen LogP contribution in [0.3, 0.4) is 0 Å². The number of hydrogen-bond acceptors (Lipinski definition) is 6. The van der Waals surface area contributed by atoms with Crippen LogP contribution in [0.15, 0.2) is 66.0 Å². The lowest BCUT2D eigenvalue weighted by Gasteiger charge is -2.26. The Morgan fingerprint density at radius 1 is 1.00 bits per heavy atom. The van der Waals surface area contributed by atoms with Crippen LogP contribution in [0.1, 0.15) is 30.3 Å². The number of nitrogens with one attached hydrogen (secondary N) is 1. The SMILES string of the molecule is COCc1nc(NC(CN2CCCC2)c2ccccc2)c2c(-c3ccccc3)csc2n1. The Labute approximate surface area is 193 Å². The van der Waals surface area contributed by atoms with Crippen molar-refractivity contribution in [1.29, 1.82) is 0 Å². The average Bonchev–Trinajstić information content (AvgIpc) is 3.50. The predicted octanol–water partition coefficient (Wildman–Crippen LogP) is 5.75. The summed E-state index contributed by atoms with van der Waals surface area (Å²) in [6.45, 7) is 3.67. The Bertz CT molecular complexity index is 1160. The van der Waals surface area contributed by atoms with Gasteiger partial charge >= 0.3 is 0 Å². The Balaban J connectivity index is 1.59. The summed E-state index contributed by atoms with van der Waals surface area (Å²) in [5, 5.41) is 7.09. The normalized spacial score (nSPS) is 15.3. The van der Waals surface area contributed by atoms with Gasteiger partial charge in [-0.25, -0.2) is 9.97 Å². The number of benzene rings is 2. The first-order chi connectivity index (χ1) is 15.8. The first kappa shape index (κ1) is 21.1. The maximum Gasteiger partial charge on any atom is 0.158 e. The number of fused-ring (bicyclic) bond motifs is 1. The Hall–Kier alpha value is -2.80. The van der Waals surface area contributed by atoms with E-state index in [2.05, 4.69) is 70.2 Å². The molecule has 164 valence electrons. The number of ether oxygens (including phenoxy) is 1. The molecule has 3 heterocycles. The third-order valence-corrected chi connectivity index (χ3v) is 6.86. The average molecular weight is 445 g/mol. The minimum Gasteiger partial charge on any atom is -0.377 e. The van der Waals surface area contributed by atoms with E-state index in [1.54, 1.807) is 18.4 Å². The fourth-order valence-electron chi connectivity index (χ4n) is 4.42. The first-order valence-corrected chi connectivity index (χ1v) is 12.1. The minimum atomic E-state index is 0.145. The van der Waals surface area contributed by atoms with Crippen LogP contribution in [-0.4, -0.2) is 41.6 Å². The van der Waals surface area contributed by atoms with Gasteiger partial charge in [0.05, 0.1) is 11.4 Å². The van der Waals surface area contributed by atoms with Gasteiger partial charge in [-0.15, -0.1) is 11.3 Å². The van der Waals surface area contributed by atoms with Crippen LogP contribution in [0.5, 0.6) is 0 Å². The highest BCUT2D eigenvalue weighted by Crippen LogP contribution is 2.38. The maximum absolute atomic E-state index is 5.36. The fraction of sp³-hybridized carbons (Fsp3) is 0.308. The molecule has 1 saturated heterocycles. The van der Waals surface area contributed by atoms with E-state index in [-0.39, 0.29) is 6.04 Å². The van der Waals surface area contributed by atoms with Crippen molar-refractivity contribution < 1.29 is 4.74 Å². The summed E-state index contributed by atoms with van der Waals surface area (Å²) in [6, 6.07) is 21.3. The largest absolute Gasteiger partial charge is 0.377 e. The zero-order valence-electron chi connectivity index (χ0n) is 18.3. The topological polar surface area (TPSA) is 50.3 Å². The lowest BCUT2D eigenvalue weighted by molar-refractivity contribution is 0.178. The van der Waals surface area contributed by atoms with Crippen molar-refractivity contribution in [2.45, 2.75) is 25.5 Å². The van der Waals surface area contributed by atoms with Gasteiger partial charge in [0.15, 0.2) is 5.82 Å². The van der Waals surface area contributed by atoms with E-state index >= 15 is 0 Å². The first-order valence-electron chi connectivity index (χ1n) is 11.2. The van der Waals surface area contributed by atoms with Crippen molar-refractivity contribution in [3.05, 3.63) is 77.4 Å². The van der Waals surface area contributed by atoms with Gasteiger partial charge < -0.3 is 15.0 Å². The second-order valence-electron chi connectivity index (χ2n) is 8.23. The van der Waals surface area contributed by atoms with Gasteiger partial charge in [-0.2, -0.15) is 0 Å². The monoisotopic (exact) mass is 444 g/mol. The summed E-state index contributed by atoms with van der Waals surface area (Å²) in [7, 11) is 1.69. The maximum atomic E-state index is 5.36. The number of nitrogens with zero attached hydrogens (tertiary/aromatic N) is 3. The Morgan fingerprint density at radius 3 is 2.44 bits per heavy atom. The molecule has 0 saturated carbocycles. The van der Waals surface area contributed by atoms with E-state index in [9.17, 15) is 0 Å². The summed E-state index contributed by atoms with van der Waals surface area (Å²) in [5.74, 6) is 1.59. The molecular weight excluding hydrogens is 416 g/mol. The van der Waals surface area contributed by atoms with Gasteiger partial charge in [0.1, 0.15) is 17.3 Å². The van der Waals surface area contributed by atoms with Gasteiger partial charge in [0, 0.05) is 24.6 Å². The molecule has 5 rings (SSSR count). The fourth-order valence-corrected chi connectivity index (χ4v) is 5.39.